The summed E-state index contributed by atoms with van der Waals surface area (Å²) in [5.74, 6) is 1.23. The number of aliphatic hydroxyl groups is 1. The topological polar surface area (TPSA) is 68.8 Å². The molecule has 32 heavy (non-hydrogen) atoms. The van der Waals surface area contributed by atoms with Crippen molar-refractivity contribution in [1.82, 2.24) is 24.3 Å². The summed E-state index contributed by atoms with van der Waals surface area (Å²) >= 11 is 0. The SMILES string of the molecule is Cc1ccc([C@]2(O)CCCn3nc(/C=C/c4ccc(-n5cnc(C)c5)c(C)c4)nc32)cc1. The molecule has 5 rings (SSSR count). The van der Waals surface area contributed by atoms with Gasteiger partial charge < -0.3 is 9.67 Å². The minimum absolute atomic E-state index is 0.611. The van der Waals surface area contributed by atoms with Crippen LogP contribution < -0.4 is 0 Å². The summed E-state index contributed by atoms with van der Waals surface area (Å²) in [5, 5.41) is 16.1. The van der Waals surface area contributed by atoms with E-state index in [1.54, 1.807) is 0 Å². The molecule has 0 bridgehead atoms. The van der Waals surface area contributed by atoms with E-state index in [-0.39, 0.29) is 0 Å². The molecule has 1 atom stereocenters. The monoisotopic (exact) mass is 425 g/mol. The van der Waals surface area contributed by atoms with Gasteiger partial charge in [-0.05, 0) is 68.5 Å². The molecule has 2 aromatic heterocycles. The van der Waals surface area contributed by atoms with Crippen LogP contribution in [-0.2, 0) is 12.1 Å². The van der Waals surface area contributed by atoms with Crippen LogP contribution >= 0.6 is 0 Å². The molecule has 1 aliphatic heterocycles. The Morgan fingerprint density at radius 2 is 1.84 bits per heavy atom. The van der Waals surface area contributed by atoms with Gasteiger partial charge in [-0.3, -0.25) is 0 Å². The predicted molar refractivity (Wildman–Crippen MR) is 125 cm³/mol. The third-order valence-corrected chi connectivity index (χ3v) is 6.13. The van der Waals surface area contributed by atoms with Crippen LogP contribution in [0.2, 0.25) is 0 Å². The summed E-state index contributed by atoms with van der Waals surface area (Å²) in [6.45, 7) is 6.89. The second-order valence-electron chi connectivity index (χ2n) is 8.65. The average Bonchev–Trinajstić information content (AvgIpc) is 3.40. The van der Waals surface area contributed by atoms with Gasteiger partial charge in [-0.25, -0.2) is 14.6 Å². The Morgan fingerprint density at radius 3 is 2.56 bits per heavy atom. The quantitative estimate of drug-likeness (QED) is 0.519. The van der Waals surface area contributed by atoms with Gasteiger partial charge >= 0.3 is 0 Å². The van der Waals surface area contributed by atoms with Crippen molar-refractivity contribution in [3.05, 3.63) is 94.6 Å². The van der Waals surface area contributed by atoms with Crippen molar-refractivity contribution in [3.8, 4) is 5.69 Å². The summed E-state index contributed by atoms with van der Waals surface area (Å²) in [7, 11) is 0. The summed E-state index contributed by atoms with van der Waals surface area (Å²) in [4.78, 5) is 9.02. The van der Waals surface area contributed by atoms with Gasteiger partial charge in [0, 0.05) is 18.4 Å². The molecule has 0 fully saturated rings. The van der Waals surface area contributed by atoms with Crippen molar-refractivity contribution >= 4 is 12.2 Å². The van der Waals surface area contributed by atoms with E-state index in [2.05, 4.69) is 35.2 Å². The Bertz CT molecular complexity index is 1300. The van der Waals surface area contributed by atoms with E-state index in [4.69, 9.17) is 4.98 Å². The van der Waals surface area contributed by atoms with Crippen LogP contribution in [-0.4, -0.2) is 29.4 Å². The van der Waals surface area contributed by atoms with Gasteiger partial charge in [0.2, 0.25) is 0 Å². The lowest BCUT2D eigenvalue weighted by molar-refractivity contribution is 0.0395. The molecule has 0 aliphatic carbocycles. The fourth-order valence-corrected chi connectivity index (χ4v) is 4.39. The van der Waals surface area contributed by atoms with Crippen molar-refractivity contribution < 1.29 is 5.11 Å². The Balaban J connectivity index is 1.42. The van der Waals surface area contributed by atoms with Gasteiger partial charge in [0.25, 0.3) is 0 Å². The minimum Gasteiger partial charge on any atom is -0.377 e. The number of hydrogen-bond donors (Lipinski definition) is 1. The Kier molecular flexibility index (Phi) is 5.02. The van der Waals surface area contributed by atoms with Crippen LogP contribution in [0.5, 0.6) is 0 Å². The molecular formula is C26H27N5O. The lowest BCUT2D eigenvalue weighted by Gasteiger charge is -2.31. The number of aryl methyl sites for hydroxylation is 4. The van der Waals surface area contributed by atoms with Crippen molar-refractivity contribution in [2.75, 3.05) is 0 Å². The van der Waals surface area contributed by atoms with Crippen molar-refractivity contribution in [1.29, 1.82) is 0 Å². The van der Waals surface area contributed by atoms with Crippen molar-refractivity contribution in [2.24, 2.45) is 0 Å². The number of fused-ring (bicyclic) bond motifs is 1. The highest BCUT2D eigenvalue weighted by molar-refractivity contribution is 5.68. The van der Waals surface area contributed by atoms with Crippen LogP contribution in [0.3, 0.4) is 0 Å². The standard InChI is InChI=1S/C26H27N5O/c1-18-5-9-22(10-6-18)26(32)13-4-14-31-25(26)28-24(29-31)12-8-21-7-11-23(19(2)15-21)30-16-20(3)27-17-30/h5-12,15-17,32H,4,13-14H2,1-3H3/b12-8+/t26-/m1/s1. The van der Waals surface area contributed by atoms with E-state index in [9.17, 15) is 5.11 Å². The number of nitrogens with zero attached hydrogens (tertiary/aromatic N) is 5. The predicted octanol–water partition coefficient (Wildman–Crippen LogP) is 4.59. The zero-order chi connectivity index (χ0) is 22.3. The Hall–Kier alpha value is -3.51. The maximum Gasteiger partial charge on any atom is 0.174 e. The van der Waals surface area contributed by atoms with Gasteiger partial charge in [0.15, 0.2) is 11.6 Å². The Labute approximate surface area is 187 Å². The number of rotatable bonds is 4. The average molecular weight is 426 g/mol. The molecule has 4 aromatic rings. The number of imidazole rings is 1. The van der Waals surface area contributed by atoms with Crippen LogP contribution in [0.4, 0.5) is 0 Å². The highest BCUT2D eigenvalue weighted by Gasteiger charge is 2.39. The molecule has 1 aliphatic rings. The second kappa shape index (κ2) is 7.88. The summed E-state index contributed by atoms with van der Waals surface area (Å²) < 4.78 is 3.88. The van der Waals surface area contributed by atoms with E-state index >= 15 is 0 Å². The molecule has 6 heteroatoms. The second-order valence-corrected chi connectivity index (χ2v) is 8.65. The molecule has 2 aromatic carbocycles. The first kappa shape index (κ1) is 20.4. The van der Waals surface area contributed by atoms with Crippen molar-refractivity contribution in [3.63, 3.8) is 0 Å². The fourth-order valence-electron chi connectivity index (χ4n) is 4.39. The van der Waals surface area contributed by atoms with Crippen LogP contribution in [0.1, 0.15) is 52.4 Å². The third kappa shape index (κ3) is 3.67. The maximum atomic E-state index is 11.5. The molecule has 0 amide bonds. The summed E-state index contributed by atoms with van der Waals surface area (Å²) in [6, 6.07) is 14.3. The first-order chi connectivity index (χ1) is 15.4. The molecule has 0 saturated carbocycles. The molecule has 0 radical (unpaired) electrons. The Morgan fingerprint density at radius 1 is 1.03 bits per heavy atom. The molecule has 0 unspecified atom stereocenters. The maximum absolute atomic E-state index is 11.5. The molecular weight excluding hydrogens is 398 g/mol. The summed E-state index contributed by atoms with van der Waals surface area (Å²) in [6.07, 6.45) is 9.29. The van der Waals surface area contributed by atoms with Gasteiger partial charge in [-0.15, -0.1) is 0 Å². The zero-order valence-corrected chi connectivity index (χ0v) is 18.7. The normalized spacial score (nSPS) is 18.2. The van der Waals surface area contributed by atoms with Gasteiger partial charge in [-0.1, -0.05) is 42.0 Å². The van der Waals surface area contributed by atoms with Gasteiger partial charge in [0.05, 0.1) is 12.0 Å². The zero-order valence-electron chi connectivity index (χ0n) is 18.7. The van der Waals surface area contributed by atoms with E-state index in [0.717, 1.165) is 41.0 Å². The highest BCUT2D eigenvalue weighted by Crippen LogP contribution is 2.36. The minimum atomic E-state index is -1.10. The van der Waals surface area contributed by atoms with Gasteiger partial charge in [-0.2, -0.15) is 5.10 Å². The molecule has 0 saturated heterocycles. The van der Waals surface area contributed by atoms with E-state index in [0.29, 0.717) is 18.1 Å². The molecule has 1 N–H and O–H groups in total. The largest absolute Gasteiger partial charge is 0.377 e. The van der Waals surface area contributed by atoms with Crippen LogP contribution in [0.15, 0.2) is 55.0 Å². The van der Waals surface area contributed by atoms with Crippen LogP contribution in [0, 0.1) is 20.8 Å². The molecule has 0 spiro atoms. The number of aromatic nitrogens is 5. The smallest absolute Gasteiger partial charge is 0.174 e. The van der Waals surface area contributed by atoms with E-state index in [1.165, 1.54) is 5.56 Å². The fraction of sp³-hybridized carbons (Fsp3) is 0.269. The van der Waals surface area contributed by atoms with Crippen LogP contribution in [0.25, 0.3) is 17.8 Å². The lowest BCUT2D eigenvalue weighted by Crippen LogP contribution is -2.35. The third-order valence-electron chi connectivity index (χ3n) is 6.13. The molecule has 6 nitrogen and oxygen atoms in total. The summed E-state index contributed by atoms with van der Waals surface area (Å²) in [5.41, 5.74) is 5.28. The number of benzene rings is 2. The van der Waals surface area contributed by atoms with E-state index in [1.807, 2.05) is 72.0 Å². The molecule has 3 heterocycles. The van der Waals surface area contributed by atoms with E-state index < -0.39 is 5.60 Å². The first-order valence-electron chi connectivity index (χ1n) is 11.0. The van der Waals surface area contributed by atoms with Crippen molar-refractivity contribution in [2.45, 2.75) is 45.8 Å². The van der Waals surface area contributed by atoms with Gasteiger partial charge in [0.1, 0.15) is 5.60 Å². The number of hydrogen-bond acceptors (Lipinski definition) is 4. The first-order valence-corrected chi connectivity index (χ1v) is 11.0. The molecule has 162 valence electrons. The highest BCUT2D eigenvalue weighted by atomic mass is 16.3. The lowest BCUT2D eigenvalue weighted by atomic mass is 9.86.